The lowest BCUT2D eigenvalue weighted by Crippen LogP contribution is -2.36. The second-order valence-electron chi connectivity index (χ2n) is 4.24. The summed E-state index contributed by atoms with van der Waals surface area (Å²) in [5.41, 5.74) is 0. The Hall–Kier alpha value is -0.570. The standard InChI is InChI=1S/C11H21NO2/c1-3-8(4-2)7-9-5-6-12-10(9)11(13)14/h8-10,12H,3-7H2,1-2H3,(H,13,14)/t9-,10-/m1/s1. The van der Waals surface area contributed by atoms with E-state index in [0.29, 0.717) is 11.8 Å². The highest BCUT2D eigenvalue weighted by Gasteiger charge is 2.33. The summed E-state index contributed by atoms with van der Waals surface area (Å²) >= 11 is 0. The van der Waals surface area contributed by atoms with E-state index in [1.807, 2.05) is 0 Å². The molecule has 3 heteroatoms. The summed E-state index contributed by atoms with van der Waals surface area (Å²) in [6, 6.07) is -0.296. The fourth-order valence-corrected chi connectivity index (χ4v) is 2.35. The lowest BCUT2D eigenvalue weighted by molar-refractivity contribution is -0.140. The van der Waals surface area contributed by atoms with E-state index in [0.717, 1.165) is 19.4 Å². The molecule has 0 radical (unpaired) electrons. The molecule has 3 nitrogen and oxygen atoms in total. The largest absolute Gasteiger partial charge is 0.480 e. The van der Waals surface area contributed by atoms with Crippen LogP contribution in [0.25, 0.3) is 0 Å². The van der Waals surface area contributed by atoms with Gasteiger partial charge in [-0.3, -0.25) is 4.79 Å². The molecule has 0 aliphatic carbocycles. The molecule has 0 amide bonds. The van der Waals surface area contributed by atoms with Gasteiger partial charge in [0.05, 0.1) is 0 Å². The van der Waals surface area contributed by atoms with Crippen molar-refractivity contribution >= 4 is 5.97 Å². The molecule has 0 aromatic rings. The van der Waals surface area contributed by atoms with Gasteiger partial charge in [0.2, 0.25) is 0 Å². The minimum absolute atomic E-state index is 0.296. The third-order valence-corrected chi connectivity index (χ3v) is 3.41. The first-order valence-corrected chi connectivity index (χ1v) is 5.65. The van der Waals surface area contributed by atoms with Gasteiger partial charge < -0.3 is 10.4 Å². The van der Waals surface area contributed by atoms with Gasteiger partial charge in [0.25, 0.3) is 0 Å². The first-order valence-electron chi connectivity index (χ1n) is 5.65. The Kier molecular flexibility index (Phi) is 4.39. The van der Waals surface area contributed by atoms with E-state index in [1.165, 1.54) is 12.8 Å². The topological polar surface area (TPSA) is 49.3 Å². The second-order valence-corrected chi connectivity index (χ2v) is 4.24. The van der Waals surface area contributed by atoms with Gasteiger partial charge in [0.1, 0.15) is 6.04 Å². The minimum Gasteiger partial charge on any atom is -0.480 e. The molecule has 1 heterocycles. The van der Waals surface area contributed by atoms with Gasteiger partial charge in [0, 0.05) is 0 Å². The Labute approximate surface area is 85.9 Å². The summed E-state index contributed by atoms with van der Waals surface area (Å²) in [6.45, 7) is 5.24. The van der Waals surface area contributed by atoms with Crippen molar-refractivity contribution in [2.24, 2.45) is 11.8 Å². The molecule has 0 saturated carbocycles. The van der Waals surface area contributed by atoms with Crippen LogP contribution < -0.4 is 5.32 Å². The van der Waals surface area contributed by atoms with E-state index in [9.17, 15) is 4.79 Å². The zero-order valence-corrected chi connectivity index (χ0v) is 9.12. The highest BCUT2D eigenvalue weighted by Crippen LogP contribution is 2.27. The van der Waals surface area contributed by atoms with Gasteiger partial charge in [-0.15, -0.1) is 0 Å². The number of rotatable bonds is 5. The SMILES string of the molecule is CCC(CC)C[C@H]1CCN[C@H]1C(=O)O. The van der Waals surface area contributed by atoms with Crippen molar-refractivity contribution < 1.29 is 9.90 Å². The zero-order chi connectivity index (χ0) is 10.6. The number of hydrogen-bond donors (Lipinski definition) is 2. The highest BCUT2D eigenvalue weighted by molar-refractivity contribution is 5.74. The van der Waals surface area contributed by atoms with Crippen LogP contribution in [0.4, 0.5) is 0 Å². The molecule has 0 unspecified atom stereocenters. The maximum Gasteiger partial charge on any atom is 0.320 e. The zero-order valence-electron chi connectivity index (χ0n) is 9.12. The lowest BCUT2D eigenvalue weighted by atomic mass is 9.86. The number of carbonyl (C=O) groups is 1. The average molecular weight is 199 g/mol. The van der Waals surface area contributed by atoms with Crippen molar-refractivity contribution in [3.05, 3.63) is 0 Å². The average Bonchev–Trinajstić information content (AvgIpc) is 2.62. The summed E-state index contributed by atoms with van der Waals surface area (Å²) < 4.78 is 0. The van der Waals surface area contributed by atoms with Crippen LogP contribution in [0.3, 0.4) is 0 Å². The quantitative estimate of drug-likeness (QED) is 0.710. The summed E-state index contributed by atoms with van der Waals surface area (Å²) in [7, 11) is 0. The molecule has 0 aromatic carbocycles. The van der Waals surface area contributed by atoms with Gasteiger partial charge in [-0.2, -0.15) is 0 Å². The lowest BCUT2D eigenvalue weighted by Gasteiger charge is -2.20. The Bertz CT molecular complexity index is 190. The van der Waals surface area contributed by atoms with Crippen molar-refractivity contribution in [3.8, 4) is 0 Å². The molecular formula is C11H21NO2. The molecule has 0 spiro atoms. The van der Waals surface area contributed by atoms with E-state index >= 15 is 0 Å². The Balaban J connectivity index is 2.46. The van der Waals surface area contributed by atoms with Crippen molar-refractivity contribution in [3.63, 3.8) is 0 Å². The smallest absolute Gasteiger partial charge is 0.320 e. The first-order chi connectivity index (χ1) is 6.69. The molecule has 0 bridgehead atoms. The Morgan fingerprint density at radius 3 is 2.64 bits per heavy atom. The maximum absolute atomic E-state index is 10.9. The monoisotopic (exact) mass is 199 g/mol. The molecule has 1 rings (SSSR count). The van der Waals surface area contributed by atoms with E-state index in [-0.39, 0.29) is 6.04 Å². The van der Waals surface area contributed by atoms with E-state index in [1.54, 1.807) is 0 Å². The predicted octanol–water partition coefficient (Wildman–Crippen LogP) is 1.88. The van der Waals surface area contributed by atoms with Crippen LogP contribution in [-0.4, -0.2) is 23.7 Å². The van der Waals surface area contributed by atoms with Gasteiger partial charge in [-0.1, -0.05) is 26.7 Å². The summed E-state index contributed by atoms with van der Waals surface area (Å²) in [5.74, 6) is 0.359. The molecule has 2 N–H and O–H groups in total. The predicted molar refractivity (Wildman–Crippen MR) is 56.2 cm³/mol. The van der Waals surface area contributed by atoms with Crippen LogP contribution in [0.1, 0.15) is 39.5 Å². The summed E-state index contributed by atoms with van der Waals surface area (Å²) in [6.07, 6.45) is 4.42. The minimum atomic E-state index is -0.682. The first kappa shape index (κ1) is 11.5. The van der Waals surface area contributed by atoms with Crippen molar-refractivity contribution in [1.29, 1.82) is 0 Å². The van der Waals surface area contributed by atoms with Crippen molar-refractivity contribution in [2.75, 3.05) is 6.54 Å². The normalized spacial score (nSPS) is 27.1. The van der Waals surface area contributed by atoms with Crippen LogP contribution in [0.5, 0.6) is 0 Å². The number of carboxylic acids is 1. The van der Waals surface area contributed by atoms with Crippen LogP contribution in [0, 0.1) is 11.8 Å². The number of nitrogens with one attached hydrogen (secondary N) is 1. The fourth-order valence-electron chi connectivity index (χ4n) is 2.35. The number of aliphatic carboxylic acids is 1. The number of carboxylic acid groups (broad SMARTS) is 1. The van der Waals surface area contributed by atoms with Crippen LogP contribution in [0.15, 0.2) is 0 Å². The molecule has 14 heavy (non-hydrogen) atoms. The summed E-state index contributed by atoms with van der Waals surface area (Å²) in [5, 5.41) is 12.0. The fraction of sp³-hybridized carbons (Fsp3) is 0.909. The second kappa shape index (κ2) is 5.35. The molecule has 1 aliphatic rings. The molecule has 0 aromatic heterocycles. The number of hydrogen-bond acceptors (Lipinski definition) is 2. The Morgan fingerprint density at radius 2 is 2.14 bits per heavy atom. The van der Waals surface area contributed by atoms with Gasteiger partial charge in [-0.05, 0) is 31.2 Å². The van der Waals surface area contributed by atoms with Crippen LogP contribution in [-0.2, 0) is 4.79 Å². The molecule has 82 valence electrons. The third-order valence-electron chi connectivity index (χ3n) is 3.41. The molecular weight excluding hydrogens is 178 g/mol. The van der Waals surface area contributed by atoms with Crippen molar-refractivity contribution in [2.45, 2.75) is 45.6 Å². The van der Waals surface area contributed by atoms with E-state index < -0.39 is 5.97 Å². The van der Waals surface area contributed by atoms with E-state index in [4.69, 9.17) is 5.11 Å². The van der Waals surface area contributed by atoms with Gasteiger partial charge in [0.15, 0.2) is 0 Å². The van der Waals surface area contributed by atoms with Gasteiger partial charge in [-0.25, -0.2) is 0 Å². The molecule has 1 fully saturated rings. The Morgan fingerprint density at radius 1 is 1.50 bits per heavy atom. The van der Waals surface area contributed by atoms with Crippen molar-refractivity contribution in [1.82, 2.24) is 5.32 Å². The molecule has 1 aliphatic heterocycles. The van der Waals surface area contributed by atoms with E-state index in [2.05, 4.69) is 19.2 Å². The van der Waals surface area contributed by atoms with Gasteiger partial charge >= 0.3 is 5.97 Å². The van der Waals surface area contributed by atoms with Crippen LogP contribution in [0.2, 0.25) is 0 Å². The third kappa shape index (κ3) is 2.71. The molecule has 1 saturated heterocycles. The van der Waals surface area contributed by atoms with Crippen LogP contribution >= 0.6 is 0 Å². The summed E-state index contributed by atoms with van der Waals surface area (Å²) in [4.78, 5) is 10.9. The highest BCUT2D eigenvalue weighted by atomic mass is 16.4. The molecule has 2 atom stereocenters. The maximum atomic E-state index is 10.9.